The second-order valence-corrected chi connectivity index (χ2v) is 5.45. The number of carbonyl (C=O) groups excluding carboxylic acids is 1. The highest BCUT2D eigenvalue weighted by atomic mass is 32.1. The molecule has 0 bridgehead atoms. The molecule has 2 aromatic rings. The number of hydrogen-bond donors (Lipinski definition) is 1. The van der Waals surface area contributed by atoms with Crippen LogP contribution in [0.5, 0.6) is 0 Å². The molecule has 0 saturated heterocycles. The van der Waals surface area contributed by atoms with E-state index >= 15 is 0 Å². The van der Waals surface area contributed by atoms with Gasteiger partial charge in [0.15, 0.2) is 0 Å². The zero-order valence-corrected chi connectivity index (χ0v) is 11.5. The summed E-state index contributed by atoms with van der Waals surface area (Å²) >= 11 is 1.55. The first-order valence-corrected chi connectivity index (χ1v) is 7.13. The van der Waals surface area contributed by atoms with Gasteiger partial charge in [0.05, 0.1) is 17.7 Å². The first-order valence-electron chi connectivity index (χ1n) is 6.19. The number of rotatable bonds is 3. The number of carbonyl (C=O) groups is 1. The van der Waals surface area contributed by atoms with Crippen molar-refractivity contribution in [2.75, 3.05) is 7.05 Å². The van der Waals surface area contributed by atoms with Gasteiger partial charge in [-0.2, -0.15) is 0 Å². The monoisotopic (exact) mass is 273 g/mol. The van der Waals surface area contributed by atoms with E-state index in [-0.39, 0.29) is 5.91 Å². The Kier molecular flexibility index (Phi) is 3.31. The molecule has 1 aliphatic rings. The van der Waals surface area contributed by atoms with Gasteiger partial charge in [-0.15, -0.1) is 11.3 Å². The van der Waals surface area contributed by atoms with Gasteiger partial charge in [0, 0.05) is 31.1 Å². The Hall–Kier alpha value is -1.72. The summed E-state index contributed by atoms with van der Waals surface area (Å²) in [4.78, 5) is 18.3. The fourth-order valence-electron chi connectivity index (χ4n) is 2.28. The Morgan fingerprint density at radius 1 is 1.42 bits per heavy atom. The number of benzene rings is 1. The molecular formula is C14H15N3OS. The molecule has 0 saturated carbocycles. The molecule has 0 fully saturated rings. The summed E-state index contributed by atoms with van der Waals surface area (Å²) in [6.45, 7) is 2.31. The molecule has 19 heavy (non-hydrogen) atoms. The molecule has 1 aromatic carbocycles. The van der Waals surface area contributed by atoms with E-state index in [0.717, 1.165) is 24.3 Å². The van der Waals surface area contributed by atoms with Gasteiger partial charge in [0.2, 0.25) is 0 Å². The Balaban J connectivity index is 1.76. The topological polar surface area (TPSA) is 45.2 Å². The van der Waals surface area contributed by atoms with E-state index < -0.39 is 0 Å². The summed E-state index contributed by atoms with van der Waals surface area (Å²) in [6.07, 6.45) is 0. The normalized spacial score (nSPS) is 13.3. The van der Waals surface area contributed by atoms with Gasteiger partial charge in [0.1, 0.15) is 0 Å². The summed E-state index contributed by atoms with van der Waals surface area (Å²) in [7, 11) is 1.81. The lowest BCUT2D eigenvalue weighted by Crippen LogP contribution is -2.26. The van der Waals surface area contributed by atoms with Gasteiger partial charge >= 0.3 is 0 Å². The highest BCUT2D eigenvalue weighted by Crippen LogP contribution is 2.18. The molecular weight excluding hydrogens is 258 g/mol. The molecule has 0 spiro atoms. The van der Waals surface area contributed by atoms with Gasteiger partial charge in [-0.3, -0.25) is 4.79 Å². The standard InChI is InChI=1S/C14H15N3OS/c1-17(7-13-8-19-9-16-13)14(18)10-2-3-11-5-15-6-12(11)4-10/h2-4,8-9,15H,5-7H2,1H3. The van der Waals surface area contributed by atoms with Crippen LogP contribution in [0.3, 0.4) is 0 Å². The molecule has 98 valence electrons. The van der Waals surface area contributed by atoms with Crippen molar-refractivity contribution in [3.63, 3.8) is 0 Å². The lowest BCUT2D eigenvalue weighted by Gasteiger charge is -2.16. The third-order valence-electron chi connectivity index (χ3n) is 3.31. The average Bonchev–Trinajstić information content (AvgIpc) is 3.07. The minimum atomic E-state index is 0.0442. The predicted molar refractivity (Wildman–Crippen MR) is 74.9 cm³/mol. The summed E-state index contributed by atoms with van der Waals surface area (Å²) in [5, 5.41) is 5.25. The van der Waals surface area contributed by atoms with E-state index in [1.807, 2.05) is 30.6 Å². The molecule has 0 radical (unpaired) electrons. The smallest absolute Gasteiger partial charge is 0.253 e. The molecule has 3 rings (SSSR count). The largest absolute Gasteiger partial charge is 0.336 e. The molecule has 4 nitrogen and oxygen atoms in total. The van der Waals surface area contributed by atoms with Gasteiger partial charge in [-0.05, 0) is 23.3 Å². The highest BCUT2D eigenvalue weighted by Gasteiger charge is 2.16. The third kappa shape index (κ3) is 2.52. The van der Waals surface area contributed by atoms with Gasteiger partial charge in [0.25, 0.3) is 5.91 Å². The molecule has 5 heteroatoms. The SMILES string of the molecule is CN(Cc1cscn1)C(=O)c1ccc2c(c1)CNC2. The maximum atomic E-state index is 12.4. The number of nitrogens with one attached hydrogen (secondary N) is 1. The number of fused-ring (bicyclic) bond motifs is 1. The predicted octanol–water partition coefficient (Wildman–Crippen LogP) is 2.02. The number of amides is 1. The van der Waals surface area contributed by atoms with E-state index in [2.05, 4.69) is 10.3 Å². The third-order valence-corrected chi connectivity index (χ3v) is 3.95. The van der Waals surface area contributed by atoms with Crippen LogP contribution in [0.1, 0.15) is 27.2 Å². The maximum absolute atomic E-state index is 12.4. The minimum absolute atomic E-state index is 0.0442. The van der Waals surface area contributed by atoms with Crippen LogP contribution in [-0.4, -0.2) is 22.8 Å². The average molecular weight is 273 g/mol. The van der Waals surface area contributed by atoms with Crippen molar-refractivity contribution < 1.29 is 4.79 Å². The van der Waals surface area contributed by atoms with Crippen LogP contribution in [0.25, 0.3) is 0 Å². The molecule has 1 aromatic heterocycles. The van der Waals surface area contributed by atoms with Gasteiger partial charge in [-0.1, -0.05) is 6.07 Å². The van der Waals surface area contributed by atoms with Crippen molar-refractivity contribution in [3.8, 4) is 0 Å². The first-order chi connectivity index (χ1) is 9.24. The summed E-state index contributed by atoms with van der Waals surface area (Å²) in [5.41, 5.74) is 5.99. The van der Waals surface area contributed by atoms with Crippen molar-refractivity contribution in [2.24, 2.45) is 0 Å². The van der Waals surface area contributed by atoms with Crippen LogP contribution in [0, 0.1) is 0 Å². The molecule has 0 aliphatic carbocycles. The van der Waals surface area contributed by atoms with E-state index in [9.17, 15) is 4.79 Å². The number of aromatic nitrogens is 1. The Morgan fingerprint density at radius 2 is 2.26 bits per heavy atom. The highest BCUT2D eigenvalue weighted by molar-refractivity contribution is 7.07. The fourth-order valence-corrected chi connectivity index (χ4v) is 2.83. The lowest BCUT2D eigenvalue weighted by molar-refractivity contribution is 0.0783. The van der Waals surface area contributed by atoms with Crippen molar-refractivity contribution in [3.05, 3.63) is 51.5 Å². The second-order valence-electron chi connectivity index (χ2n) is 4.73. The van der Waals surface area contributed by atoms with Crippen molar-refractivity contribution in [1.82, 2.24) is 15.2 Å². The number of thiazole rings is 1. The van der Waals surface area contributed by atoms with Crippen LogP contribution in [0.4, 0.5) is 0 Å². The van der Waals surface area contributed by atoms with Crippen LogP contribution in [0.15, 0.2) is 29.1 Å². The fraction of sp³-hybridized carbons (Fsp3) is 0.286. The zero-order chi connectivity index (χ0) is 13.2. The molecule has 0 unspecified atom stereocenters. The summed E-state index contributed by atoms with van der Waals surface area (Å²) < 4.78 is 0. The van der Waals surface area contributed by atoms with Gasteiger partial charge in [-0.25, -0.2) is 4.98 Å². The zero-order valence-electron chi connectivity index (χ0n) is 10.7. The van der Waals surface area contributed by atoms with E-state index in [4.69, 9.17) is 0 Å². The van der Waals surface area contributed by atoms with Crippen molar-refractivity contribution in [2.45, 2.75) is 19.6 Å². The summed E-state index contributed by atoms with van der Waals surface area (Å²) in [6, 6.07) is 5.94. The Morgan fingerprint density at radius 3 is 3.05 bits per heavy atom. The Bertz CT molecular complexity index is 595. The number of hydrogen-bond acceptors (Lipinski definition) is 4. The quantitative estimate of drug-likeness (QED) is 0.930. The second kappa shape index (κ2) is 5.11. The van der Waals surface area contributed by atoms with E-state index in [1.54, 1.807) is 21.7 Å². The minimum Gasteiger partial charge on any atom is -0.336 e. The van der Waals surface area contributed by atoms with Crippen molar-refractivity contribution in [1.29, 1.82) is 0 Å². The molecule has 2 heterocycles. The number of nitrogens with zero attached hydrogens (tertiary/aromatic N) is 2. The van der Waals surface area contributed by atoms with Crippen molar-refractivity contribution >= 4 is 17.2 Å². The van der Waals surface area contributed by atoms with Crippen LogP contribution < -0.4 is 5.32 Å². The molecule has 1 aliphatic heterocycles. The van der Waals surface area contributed by atoms with Crippen LogP contribution in [0.2, 0.25) is 0 Å². The van der Waals surface area contributed by atoms with Crippen LogP contribution >= 0.6 is 11.3 Å². The van der Waals surface area contributed by atoms with Gasteiger partial charge < -0.3 is 10.2 Å². The molecule has 1 amide bonds. The Labute approximate surface area is 116 Å². The summed E-state index contributed by atoms with van der Waals surface area (Å²) in [5.74, 6) is 0.0442. The molecule has 1 N–H and O–H groups in total. The maximum Gasteiger partial charge on any atom is 0.253 e. The molecule has 0 atom stereocenters. The van der Waals surface area contributed by atoms with E-state index in [0.29, 0.717) is 6.54 Å². The van der Waals surface area contributed by atoms with Crippen LogP contribution in [-0.2, 0) is 19.6 Å². The first kappa shape index (κ1) is 12.3. The lowest BCUT2D eigenvalue weighted by atomic mass is 10.1. The van der Waals surface area contributed by atoms with E-state index in [1.165, 1.54) is 11.1 Å².